The molecule has 0 radical (unpaired) electrons. The summed E-state index contributed by atoms with van der Waals surface area (Å²) in [5.41, 5.74) is -0.102. The van der Waals surface area contributed by atoms with Crippen LogP contribution in [0.1, 0.15) is 38.8 Å². The van der Waals surface area contributed by atoms with Crippen molar-refractivity contribution >= 4 is 5.91 Å². The lowest BCUT2D eigenvalue weighted by Crippen LogP contribution is -2.40. The smallest absolute Gasteiger partial charge is 0.242 e. The lowest BCUT2D eigenvalue weighted by atomic mass is 9.95. The molecule has 5 nitrogen and oxygen atoms in total. The minimum Gasteiger partial charge on any atom is -0.333 e. The molecule has 2 aliphatic rings. The van der Waals surface area contributed by atoms with Gasteiger partial charge in [-0.15, -0.1) is 10.2 Å². The van der Waals surface area contributed by atoms with Crippen LogP contribution in [0.3, 0.4) is 0 Å². The summed E-state index contributed by atoms with van der Waals surface area (Å²) in [4.78, 5) is 13.9. The van der Waals surface area contributed by atoms with Gasteiger partial charge in [-0.3, -0.25) is 4.79 Å². The molecular weight excluding hydrogens is 278 g/mol. The summed E-state index contributed by atoms with van der Waals surface area (Å²) in [5.74, 6) is 0.242. The molecule has 7 heteroatoms. The van der Waals surface area contributed by atoms with E-state index in [-0.39, 0.29) is 11.3 Å². The van der Waals surface area contributed by atoms with Gasteiger partial charge < -0.3 is 9.47 Å². The van der Waals surface area contributed by atoms with E-state index in [4.69, 9.17) is 0 Å². The maximum Gasteiger partial charge on any atom is 0.242 e. The number of hydrogen-bond acceptors (Lipinski definition) is 3. The van der Waals surface area contributed by atoms with Crippen LogP contribution in [0.15, 0.2) is 0 Å². The van der Waals surface area contributed by atoms with Crippen LogP contribution >= 0.6 is 0 Å². The Labute approximate surface area is 122 Å². The highest BCUT2D eigenvalue weighted by Gasteiger charge is 2.50. The molecule has 1 aliphatic heterocycles. The Morgan fingerprint density at radius 3 is 2.57 bits per heavy atom. The highest BCUT2D eigenvalue weighted by molar-refractivity contribution is 5.81. The zero-order valence-electron chi connectivity index (χ0n) is 12.5. The average molecular weight is 298 g/mol. The van der Waals surface area contributed by atoms with E-state index < -0.39 is 18.3 Å². The number of fused-ring (bicyclic) bond motifs is 1. The van der Waals surface area contributed by atoms with Crippen molar-refractivity contribution in [3.63, 3.8) is 0 Å². The number of aromatic nitrogens is 3. The average Bonchev–Trinajstić information content (AvgIpc) is 3.08. The predicted molar refractivity (Wildman–Crippen MR) is 71.7 cm³/mol. The van der Waals surface area contributed by atoms with Gasteiger partial charge in [0.2, 0.25) is 12.3 Å². The van der Waals surface area contributed by atoms with Crippen molar-refractivity contribution in [1.82, 2.24) is 19.7 Å². The van der Waals surface area contributed by atoms with E-state index in [1.54, 1.807) is 4.90 Å². The molecule has 0 unspecified atom stereocenters. The van der Waals surface area contributed by atoms with Gasteiger partial charge in [-0.25, -0.2) is 8.78 Å². The van der Waals surface area contributed by atoms with E-state index in [0.717, 1.165) is 11.6 Å². The highest BCUT2D eigenvalue weighted by Crippen LogP contribution is 2.44. The Bertz CT molecular complexity index is 564. The van der Waals surface area contributed by atoms with Crippen LogP contribution in [-0.4, -0.2) is 38.5 Å². The predicted octanol–water partition coefficient (Wildman–Crippen LogP) is 1.82. The van der Waals surface area contributed by atoms with Crippen LogP contribution in [0.25, 0.3) is 0 Å². The monoisotopic (exact) mass is 298 g/mol. The number of carbonyl (C=O) groups excluding carboxylic acids is 1. The van der Waals surface area contributed by atoms with E-state index in [0.29, 0.717) is 26.1 Å². The summed E-state index contributed by atoms with van der Waals surface area (Å²) >= 11 is 0. The highest BCUT2D eigenvalue weighted by atomic mass is 19.3. The molecule has 0 spiro atoms. The molecule has 0 bridgehead atoms. The summed E-state index contributed by atoms with van der Waals surface area (Å²) < 4.78 is 27.2. The molecule has 1 fully saturated rings. The minimum absolute atomic E-state index is 0.102. The van der Waals surface area contributed by atoms with Crippen LogP contribution < -0.4 is 0 Å². The maximum absolute atomic E-state index is 12.6. The Morgan fingerprint density at radius 2 is 2.00 bits per heavy atom. The standard InChI is InChI=1S/C14H20F2N4O/c1-14(2,3)13-18-17-10-7-19(4-5-20(10)13)12(21)9-6-8(9)11(15)16/h8-9,11H,4-7H2,1-3H3/t8-,9-/m0/s1. The van der Waals surface area contributed by atoms with Gasteiger partial charge in [-0.2, -0.15) is 0 Å². The number of carbonyl (C=O) groups is 1. The molecule has 3 rings (SSSR count). The fourth-order valence-electron chi connectivity index (χ4n) is 2.91. The number of nitrogens with zero attached hydrogens (tertiary/aromatic N) is 4. The second-order valence-electron chi connectivity index (χ2n) is 6.94. The van der Waals surface area contributed by atoms with Gasteiger partial charge >= 0.3 is 0 Å². The molecule has 0 saturated heterocycles. The normalized spacial score (nSPS) is 25.1. The fourth-order valence-corrected chi connectivity index (χ4v) is 2.91. The van der Waals surface area contributed by atoms with Crippen LogP contribution in [0.5, 0.6) is 0 Å². The molecular formula is C14H20F2N4O. The Balaban J connectivity index is 1.71. The Kier molecular flexibility index (Phi) is 3.26. The van der Waals surface area contributed by atoms with E-state index in [1.165, 1.54) is 0 Å². The second kappa shape index (κ2) is 4.74. The van der Waals surface area contributed by atoms with Gasteiger partial charge in [0.25, 0.3) is 0 Å². The Hall–Kier alpha value is -1.53. The van der Waals surface area contributed by atoms with Crippen molar-refractivity contribution < 1.29 is 13.6 Å². The topological polar surface area (TPSA) is 51.0 Å². The molecule has 1 aromatic rings. The van der Waals surface area contributed by atoms with Gasteiger partial charge in [-0.1, -0.05) is 20.8 Å². The van der Waals surface area contributed by atoms with Crippen LogP contribution in [-0.2, 0) is 23.3 Å². The number of alkyl halides is 2. The van der Waals surface area contributed by atoms with Crippen molar-refractivity contribution in [3.05, 3.63) is 11.6 Å². The summed E-state index contributed by atoms with van der Waals surface area (Å²) in [6, 6.07) is 0. The molecule has 0 N–H and O–H groups in total. The Morgan fingerprint density at radius 1 is 1.29 bits per heavy atom. The summed E-state index contributed by atoms with van der Waals surface area (Å²) in [7, 11) is 0. The lowest BCUT2D eigenvalue weighted by Gasteiger charge is -2.30. The number of amides is 1. The number of halogens is 2. The first-order valence-electron chi connectivity index (χ1n) is 7.28. The van der Waals surface area contributed by atoms with E-state index in [9.17, 15) is 13.6 Å². The maximum atomic E-state index is 12.6. The molecule has 116 valence electrons. The van der Waals surface area contributed by atoms with Crippen molar-refractivity contribution in [3.8, 4) is 0 Å². The van der Waals surface area contributed by atoms with Gasteiger partial charge in [-0.05, 0) is 6.42 Å². The van der Waals surface area contributed by atoms with E-state index in [1.807, 2.05) is 4.57 Å². The summed E-state index contributed by atoms with van der Waals surface area (Å²) in [5, 5.41) is 8.38. The van der Waals surface area contributed by atoms with Gasteiger partial charge in [0.05, 0.1) is 6.54 Å². The molecule has 1 aliphatic carbocycles. The molecule has 2 atom stereocenters. The summed E-state index contributed by atoms with van der Waals surface area (Å²) in [6.07, 6.45) is -2.08. The second-order valence-corrected chi connectivity index (χ2v) is 6.94. The van der Waals surface area contributed by atoms with Crippen LogP contribution in [0, 0.1) is 11.8 Å². The van der Waals surface area contributed by atoms with Gasteiger partial charge in [0.1, 0.15) is 5.82 Å². The fraction of sp³-hybridized carbons (Fsp3) is 0.786. The first kappa shape index (κ1) is 14.4. The van der Waals surface area contributed by atoms with Gasteiger partial charge in [0.15, 0.2) is 5.82 Å². The van der Waals surface area contributed by atoms with Crippen molar-refractivity contribution in [1.29, 1.82) is 0 Å². The van der Waals surface area contributed by atoms with E-state index >= 15 is 0 Å². The third-order valence-electron chi connectivity index (χ3n) is 4.22. The van der Waals surface area contributed by atoms with Crippen molar-refractivity contribution in [2.75, 3.05) is 6.54 Å². The summed E-state index contributed by atoms with van der Waals surface area (Å²) in [6.45, 7) is 7.75. The molecule has 1 aromatic heterocycles. The third kappa shape index (κ3) is 2.53. The first-order chi connectivity index (χ1) is 9.79. The van der Waals surface area contributed by atoms with Crippen LogP contribution in [0.4, 0.5) is 8.78 Å². The number of rotatable bonds is 2. The zero-order chi connectivity index (χ0) is 15.4. The zero-order valence-corrected chi connectivity index (χ0v) is 12.5. The van der Waals surface area contributed by atoms with Crippen LogP contribution in [0.2, 0.25) is 0 Å². The van der Waals surface area contributed by atoms with Crippen molar-refractivity contribution in [2.45, 2.75) is 52.1 Å². The quantitative estimate of drug-likeness (QED) is 0.837. The molecule has 1 amide bonds. The van der Waals surface area contributed by atoms with E-state index in [2.05, 4.69) is 31.0 Å². The molecule has 21 heavy (non-hydrogen) atoms. The molecule has 0 aromatic carbocycles. The number of hydrogen-bond donors (Lipinski definition) is 0. The molecule has 2 heterocycles. The van der Waals surface area contributed by atoms with Crippen molar-refractivity contribution in [2.24, 2.45) is 11.8 Å². The van der Waals surface area contributed by atoms with Gasteiger partial charge in [0, 0.05) is 30.3 Å². The first-order valence-corrected chi connectivity index (χ1v) is 7.28. The minimum atomic E-state index is -2.39. The molecule has 1 saturated carbocycles. The lowest BCUT2D eigenvalue weighted by molar-refractivity contribution is -0.135. The SMILES string of the molecule is CC(C)(C)c1nnc2n1CCN(C(=O)[C@H]1C[C@@H]1C(F)F)C2. The largest absolute Gasteiger partial charge is 0.333 e. The third-order valence-corrected chi connectivity index (χ3v) is 4.22.